The minimum Gasteiger partial charge on any atom is -0.507 e. The van der Waals surface area contributed by atoms with Crippen LogP contribution >= 0.6 is 0 Å². The van der Waals surface area contributed by atoms with Crippen molar-refractivity contribution < 1.29 is 33.6 Å². The van der Waals surface area contributed by atoms with Crippen LogP contribution in [0.1, 0.15) is 48.9 Å². The van der Waals surface area contributed by atoms with E-state index in [1.807, 2.05) is 13.0 Å². The number of morpholine rings is 1. The summed E-state index contributed by atoms with van der Waals surface area (Å²) in [6, 6.07) is 9.86. The van der Waals surface area contributed by atoms with E-state index in [-0.39, 0.29) is 11.3 Å². The van der Waals surface area contributed by atoms with Gasteiger partial charge in [-0.1, -0.05) is 25.8 Å². The molecule has 216 valence electrons. The highest BCUT2D eigenvalue weighted by molar-refractivity contribution is 6.46. The van der Waals surface area contributed by atoms with Crippen molar-refractivity contribution in [2.75, 3.05) is 60.2 Å². The number of carbonyl (C=O) groups excluding carboxylic acids is 2. The Hall–Kier alpha value is -3.56. The monoisotopic (exact) mass is 552 g/mol. The molecule has 4 rings (SSSR count). The van der Waals surface area contributed by atoms with Gasteiger partial charge < -0.3 is 29.0 Å². The lowest BCUT2D eigenvalue weighted by Crippen LogP contribution is -2.42. The zero-order valence-electron chi connectivity index (χ0n) is 23.9. The lowest BCUT2D eigenvalue weighted by Gasteiger charge is -2.31. The first-order chi connectivity index (χ1) is 19.4. The van der Waals surface area contributed by atoms with E-state index in [9.17, 15) is 14.7 Å². The smallest absolute Gasteiger partial charge is 0.295 e. The molecule has 2 heterocycles. The number of hydrogen-bond acceptors (Lipinski definition) is 8. The maximum atomic E-state index is 13.5. The highest BCUT2D eigenvalue weighted by Crippen LogP contribution is 2.42. The van der Waals surface area contributed by atoms with E-state index in [0.29, 0.717) is 61.3 Å². The average Bonchev–Trinajstić information content (AvgIpc) is 3.23. The van der Waals surface area contributed by atoms with Gasteiger partial charge in [0.2, 0.25) is 0 Å². The molecule has 2 aromatic carbocycles. The fourth-order valence-corrected chi connectivity index (χ4v) is 5.21. The van der Waals surface area contributed by atoms with Crippen LogP contribution in [0.3, 0.4) is 0 Å². The van der Waals surface area contributed by atoms with E-state index in [0.717, 1.165) is 37.9 Å². The molecule has 0 aromatic heterocycles. The number of aliphatic hydroxyl groups excluding tert-OH is 1. The van der Waals surface area contributed by atoms with Gasteiger partial charge in [-0.15, -0.1) is 0 Å². The van der Waals surface area contributed by atoms with Crippen LogP contribution < -0.4 is 14.2 Å². The molecule has 0 bridgehead atoms. The third kappa shape index (κ3) is 6.42. The van der Waals surface area contributed by atoms with Crippen molar-refractivity contribution in [2.24, 2.45) is 0 Å². The highest BCUT2D eigenvalue weighted by atomic mass is 16.5. The number of aryl methyl sites for hydroxylation is 1. The number of nitrogens with zero attached hydrogens (tertiary/aromatic N) is 2. The lowest BCUT2D eigenvalue weighted by atomic mass is 9.93. The van der Waals surface area contributed by atoms with Crippen molar-refractivity contribution in [3.63, 3.8) is 0 Å². The summed E-state index contributed by atoms with van der Waals surface area (Å²) in [6.07, 6.45) is 3.10. The van der Waals surface area contributed by atoms with Gasteiger partial charge in [0.1, 0.15) is 11.5 Å². The second-order valence-corrected chi connectivity index (χ2v) is 10.1. The van der Waals surface area contributed by atoms with E-state index in [1.54, 1.807) is 49.5 Å². The lowest BCUT2D eigenvalue weighted by molar-refractivity contribution is -0.140. The molecule has 9 heteroatoms. The number of unbranched alkanes of at least 4 members (excludes halogenated alkanes) is 2. The predicted octanol–water partition coefficient (Wildman–Crippen LogP) is 4.34. The van der Waals surface area contributed by atoms with Crippen LogP contribution in [0.25, 0.3) is 5.76 Å². The molecular formula is C31H40N2O7. The Balaban J connectivity index is 1.74. The highest BCUT2D eigenvalue weighted by Gasteiger charge is 2.46. The van der Waals surface area contributed by atoms with E-state index in [1.165, 1.54) is 0 Å². The van der Waals surface area contributed by atoms with Crippen molar-refractivity contribution >= 4 is 17.4 Å². The first-order valence-corrected chi connectivity index (χ1v) is 13.9. The number of ketones is 1. The largest absolute Gasteiger partial charge is 0.507 e. The fraction of sp³-hybridized carbons (Fsp3) is 0.484. The van der Waals surface area contributed by atoms with E-state index < -0.39 is 17.7 Å². The van der Waals surface area contributed by atoms with Gasteiger partial charge >= 0.3 is 0 Å². The van der Waals surface area contributed by atoms with Crippen molar-refractivity contribution in [2.45, 2.75) is 39.2 Å². The minimum atomic E-state index is -0.786. The number of carbonyl (C=O) groups is 2. The summed E-state index contributed by atoms with van der Waals surface area (Å²) >= 11 is 0. The molecule has 1 unspecified atom stereocenters. The molecule has 2 saturated heterocycles. The summed E-state index contributed by atoms with van der Waals surface area (Å²) in [5, 5.41) is 11.5. The molecule has 0 spiro atoms. The van der Waals surface area contributed by atoms with Gasteiger partial charge in [0.15, 0.2) is 11.5 Å². The zero-order chi connectivity index (χ0) is 28.6. The van der Waals surface area contributed by atoms with E-state index in [4.69, 9.17) is 18.9 Å². The zero-order valence-corrected chi connectivity index (χ0v) is 23.9. The summed E-state index contributed by atoms with van der Waals surface area (Å²) in [5.74, 6) is 0.183. The number of rotatable bonds is 12. The number of aliphatic hydroxyl groups is 1. The Morgan fingerprint density at radius 3 is 2.45 bits per heavy atom. The van der Waals surface area contributed by atoms with Crippen LogP contribution in [0.5, 0.6) is 17.2 Å². The van der Waals surface area contributed by atoms with Crippen LogP contribution in [0.2, 0.25) is 0 Å². The van der Waals surface area contributed by atoms with Crippen molar-refractivity contribution in [3.8, 4) is 17.2 Å². The first-order valence-electron chi connectivity index (χ1n) is 13.9. The van der Waals surface area contributed by atoms with Crippen LogP contribution in [0.4, 0.5) is 0 Å². The Morgan fingerprint density at radius 1 is 1.00 bits per heavy atom. The number of hydrogen-bond donors (Lipinski definition) is 1. The second kappa shape index (κ2) is 13.7. The summed E-state index contributed by atoms with van der Waals surface area (Å²) in [7, 11) is 3.13. The summed E-state index contributed by atoms with van der Waals surface area (Å²) < 4.78 is 22.4. The third-order valence-electron chi connectivity index (χ3n) is 7.50. The number of amides is 1. The Kier molecular flexibility index (Phi) is 10.1. The number of likely N-dealkylation sites (tertiary alicyclic amines) is 1. The minimum absolute atomic E-state index is 0.0545. The quantitative estimate of drug-likeness (QED) is 0.180. The maximum absolute atomic E-state index is 13.5. The van der Waals surface area contributed by atoms with Gasteiger partial charge in [-0.2, -0.15) is 0 Å². The van der Waals surface area contributed by atoms with Gasteiger partial charge in [-0.25, -0.2) is 0 Å². The van der Waals surface area contributed by atoms with Crippen molar-refractivity contribution in [1.82, 2.24) is 9.80 Å². The average molecular weight is 553 g/mol. The molecule has 2 aliphatic rings. The molecule has 2 aromatic rings. The van der Waals surface area contributed by atoms with E-state index in [2.05, 4.69) is 11.8 Å². The van der Waals surface area contributed by atoms with Crippen LogP contribution in [0.15, 0.2) is 42.0 Å². The maximum Gasteiger partial charge on any atom is 0.295 e. The SMILES string of the molecule is CCCCCOc1ccc(C2C(=C(O)c3ccc(OC)cc3C)C(=O)C(=O)N2CCN2CCOCC2)cc1OC. The molecule has 1 N–H and O–H groups in total. The normalized spacial score (nSPS) is 19.2. The number of ether oxygens (including phenoxy) is 4. The molecule has 9 nitrogen and oxygen atoms in total. The molecule has 1 atom stereocenters. The Morgan fingerprint density at radius 2 is 1.77 bits per heavy atom. The summed E-state index contributed by atoms with van der Waals surface area (Å²) in [5.41, 5.74) is 1.91. The van der Waals surface area contributed by atoms with Crippen LogP contribution in [-0.2, 0) is 14.3 Å². The Bertz CT molecular complexity index is 1240. The van der Waals surface area contributed by atoms with Gasteiger partial charge in [0.25, 0.3) is 11.7 Å². The molecule has 2 fully saturated rings. The van der Waals surface area contributed by atoms with Crippen LogP contribution in [0, 0.1) is 6.92 Å². The predicted molar refractivity (Wildman–Crippen MR) is 152 cm³/mol. The summed E-state index contributed by atoms with van der Waals surface area (Å²) in [4.78, 5) is 30.7. The third-order valence-corrected chi connectivity index (χ3v) is 7.50. The number of benzene rings is 2. The van der Waals surface area contributed by atoms with Gasteiger partial charge in [0.05, 0.1) is 45.7 Å². The van der Waals surface area contributed by atoms with Gasteiger partial charge in [-0.05, 0) is 54.8 Å². The number of methoxy groups -OCH3 is 2. The Labute approximate surface area is 236 Å². The first kappa shape index (κ1) is 29.4. The molecule has 0 aliphatic carbocycles. The van der Waals surface area contributed by atoms with Gasteiger partial charge in [-0.3, -0.25) is 14.5 Å². The number of Topliss-reactive ketones (excluding diaryl/α,β-unsaturated/α-hetero) is 1. The molecular weight excluding hydrogens is 512 g/mol. The van der Waals surface area contributed by atoms with Crippen molar-refractivity contribution in [1.29, 1.82) is 0 Å². The van der Waals surface area contributed by atoms with E-state index >= 15 is 0 Å². The van der Waals surface area contributed by atoms with Crippen molar-refractivity contribution in [3.05, 3.63) is 58.7 Å². The molecule has 0 radical (unpaired) electrons. The molecule has 40 heavy (non-hydrogen) atoms. The summed E-state index contributed by atoms with van der Waals surface area (Å²) in [6.45, 7) is 8.24. The molecule has 0 saturated carbocycles. The molecule has 1 amide bonds. The molecule has 2 aliphatic heterocycles. The fourth-order valence-electron chi connectivity index (χ4n) is 5.21. The topological polar surface area (TPSA) is 97.8 Å². The standard InChI is InChI=1S/C31H40N2O7/c1-5-6-7-16-40-25-11-8-22(20-26(25)38-4)28-27(29(34)24-10-9-23(37-3)19-21(24)2)30(35)31(36)33(28)13-12-32-14-17-39-18-15-32/h8-11,19-20,28,34H,5-7,12-18H2,1-4H3. The van der Waals surface area contributed by atoms with Crippen LogP contribution in [-0.4, -0.2) is 86.8 Å². The van der Waals surface area contributed by atoms with Gasteiger partial charge in [0, 0.05) is 31.7 Å². The second-order valence-electron chi connectivity index (χ2n) is 10.1.